The molecular formula is C15H18ClN3O. The van der Waals surface area contributed by atoms with Crippen molar-refractivity contribution in [2.24, 2.45) is 0 Å². The average molecular weight is 292 g/mol. The second-order valence-corrected chi connectivity index (χ2v) is 4.72. The fraction of sp³-hybridized carbons (Fsp3) is 0.333. The predicted molar refractivity (Wildman–Crippen MR) is 81.9 cm³/mol. The van der Waals surface area contributed by atoms with Crippen molar-refractivity contribution < 1.29 is 4.74 Å². The quantitative estimate of drug-likeness (QED) is 0.809. The topological polar surface area (TPSA) is 47.0 Å². The van der Waals surface area contributed by atoms with Gasteiger partial charge in [0.05, 0.1) is 6.61 Å². The second kappa shape index (κ2) is 7.10. The molecule has 4 nitrogen and oxygen atoms in total. The van der Waals surface area contributed by atoms with Crippen molar-refractivity contribution in [1.82, 2.24) is 9.97 Å². The number of aromatic nitrogens is 2. The number of hydrogen-bond donors (Lipinski definition) is 1. The van der Waals surface area contributed by atoms with Gasteiger partial charge >= 0.3 is 0 Å². The van der Waals surface area contributed by atoms with Crippen LogP contribution in [0, 0.1) is 0 Å². The Morgan fingerprint density at radius 1 is 1.20 bits per heavy atom. The highest BCUT2D eigenvalue weighted by atomic mass is 35.5. The maximum Gasteiger partial charge on any atom is 0.135 e. The first-order valence-electron chi connectivity index (χ1n) is 6.74. The number of nitrogens with zero attached hydrogens (tertiary/aromatic N) is 2. The number of benzene rings is 1. The molecule has 2 rings (SSSR count). The van der Waals surface area contributed by atoms with Crippen molar-refractivity contribution in [3.05, 3.63) is 41.3 Å². The summed E-state index contributed by atoms with van der Waals surface area (Å²) >= 11 is 6.02. The maximum atomic E-state index is 6.02. The van der Waals surface area contributed by atoms with Crippen molar-refractivity contribution >= 4 is 23.1 Å². The second-order valence-electron chi connectivity index (χ2n) is 4.33. The molecule has 106 valence electrons. The number of ether oxygens (including phenoxy) is 1. The summed E-state index contributed by atoms with van der Waals surface area (Å²) in [5.41, 5.74) is 0.910. The molecule has 0 aliphatic carbocycles. The number of aryl methyl sites for hydroxylation is 1. The van der Waals surface area contributed by atoms with Gasteiger partial charge in [0, 0.05) is 24.2 Å². The lowest BCUT2D eigenvalue weighted by atomic mass is 10.3. The van der Waals surface area contributed by atoms with Crippen LogP contribution in [0.25, 0.3) is 0 Å². The lowest BCUT2D eigenvalue weighted by Crippen LogP contribution is -2.00. The van der Waals surface area contributed by atoms with E-state index in [0.717, 1.165) is 30.1 Å². The van der Waals surface area contributed by atoms with E-state index in [1.807, 2.05) is 31.2 Å². The lowest BCUT2D eigenvalue weighted by Gasteiger charge is -2.09. The summed E-state index contributed by atoms with van der Waals surface area (Å²) < 4.78 is 5.47. The molecule has 0 aliphatic rings. The molecule has 1 aromatic heterocycles. The molecule has 1 aromatic carbocycles. The Kier molecular flexibility index (Phi) is 5.18. The fourth-order valence-electron chi connectivity index (χ4n) is 1.84. The number of hydrogen-bond acceptors (Lipinski definition) is 4. The van der Waals surface area contributed by atoms with Crippen LogP contribution in [0.2, 0.25) is 5.15 Å². The van der Waals surface area contributed by atoms with Crippen molar-refractivity contribution in [2.75, 3.05) is 11.9 Å². The molecule has 0 spiro atoms. The average Bonchev–Trinajstić information content (AvgIpc) is 2.39. The van der Waals surface area contributed by atoms with Gasteiger partial charge in [-0.1, -0.05) is 24.6 Å². The van der Waals surface area contributed by atoms with Gasteiger partial charge in [0.15, 0.2) is 0 Å². The minimum absolute atomic E-state index is 0.451. The van der Waals surface area contributed by atoms with Crippen molar-refractivity contribution in [3.63, 3.8) is 0 Å². The number of nitrogens with one attached hydrogen (secondary N) is 1. The van der Waals surface area contributed by atoms with Gasteiger partial charge in [0.2, 0.25) is 0 Å². The van der Waals surface area contributed by atoms with E-state index in [9.17, 15) is 0 Å². The molecule has 1 heterocycles. The van der Waals surface area contributed by atoms with Crippen LogP contribution >= 0.6 is 11.6 Å². The van der Waals surface area contributed by atoms with E-state index in [0.29, 0.717) is 17.6 Å². The van der Waals surface area contributed by atoms with E-state index in [1.54, 1.807) is 6.07 Å². The summed E-state index contributed by atoms with van der Waals surface area (Å²) in [6.45, 7) is 4.69. The Balaban J connectivity index is 2.18. The van der Waals surface area contributed by atoms with Crippen LogP contribution in [0.15, 0.2) is 30.3 Å². The standard InChI is InChI=1S/C15H18ClN3O/c1-3-6-14-18-13(16)10-15(19-14)17-11-7-5-8-12(9-11)20-4-2/h5,7-10H,3-4,6H2,1-2H3,(H,17,18,19). The molecule has 0 aliphatic heterocycles. The summed E-state index contributed by atoms with van der Waals surface area (Å²) in [6, 6.07) is 9.46. The number of rotatable bonds is 6. The highest BCUT2D eigenvalue weighted by Crippen LogP contribution is 2.22. The van der Waals surface area contributed by atoms with Gasteiger partial charge in [0.1, 0.15) is 22.5 Å². The first-order valence-corrected chi connectivity index (χ1v) is 7.12. The van der Waals surface area contributed by atoms with E-state index in [1.165, 1.54) is 0 Å². The van der Waals surface area contributed by atoms with Crippen molar-refractivity contribution in [2.45, 2.75) is 26.7 Å². The minimum atomic E-state index is 0.451. The van der Waals surface area contributed by atoms with Gasteiger partial charge in [-0.2, -0.15) is 0 Å². The monoisotopic (exact) mass is 291 g/mol. The van der Waals surface area contributed by atoms with Crippen LogP contribution in [0.1, 0.15) is 26.1 Å². The van der Waals surface area contributed by atoms with Crippen molar-refractivity contribution in [1.29, 1.82) is 0 Å². The SMILES string of the molecule is CCCc1nc(Cl)cc(Nc2cccc(OCC)c2)n1. The maximum absolute atomic E-state index is 6.02. The molecule has 1 N–H and O–H groups in total. The molecular weight excluding hydrogens is 274 g/mol. The fourth-order valence-corrected chi connectivity index (χ4v) is 2.04. The van der Waals surface area contributed by atoms with E-state index in [-0.39, 0.29) is 0 Å². The van der Waals surface area contributed by atoms with Gasteiger partial charge < -0.3 is 10.1 Å². The van der Waals surface area contributed by atoms with Crippen LogP contribution in [-0.4, -0.2) is 16.6 Å². The molecule has 0 fully saturated rings. The number of anilines is 2. The molecule has 2 aromatic rings. The predicted octanol–water partition coefficient (Wildman–Crippen LogP) is 4.22. The smallest absolute Gasteiger partial charge is 0.135 e. The van der Waals surface area contributed by atoms with Crippen LogP contribution in [0.4, 0.5) is 11.5 Å². The van der Waals surface area contributed by atoms with Crippen molar-refractivity contribution in [3.8, 4) is 5.75 Å². The minimum Gasteiger partial charge on any atom is -0.494 e. The van der Waals surface area contributed by atoms with Crippen LogP contribution < -0.4 is 10.1 Å². The molecule has 20 heavy (non-hydrogen) atoms. The Morgan fingerprint density at radius 3 is 2.80 bits per heavy atom. The first kappa shape index (κ1) is 14.6. The van der Waals surface area contributed by atoms with Gasteiger partial charge in [-0.05, 0) is 25.5 Å². The van der Waals surface area contributed by atoms with Gasteiger partial charge in [-0.3, -0.25) is 0 Å². The Labute approximate surface area is 124 Å². The summed E-state index contributed by atoms with van der Waals surface area (Å²) in [5, 5.41) is 3.68. The molecule has 0 saturated carbocycles. The molecule has 0 amide bonds. The Morgan fingerprint density at radius 2 is 2.05 bits per heavy atom. The van der Waals surface area contributed by atoms with E-state index in [2.05, 4.69) is 22.2 Å². The highest BCUT2D eigenvalue weighted by Gasteiger charge is 2.04. The third kappa shape index (κ3) is 4.10. The Hall–Kier alpha value is -1.81. The zero-order valence-electron chi connectivity index (χ0n) is 11.7. The largest absolute Gasteiger partial charge is 0.494 e. The molecule has 0 atom stereocenters. The summed E-state index contributed by atoms with van der Waals surface area (Å²) in [4.78, 5) is 8.65. The molecule has 0 unspecified atom stereocenters. The molecule has 5 heteroatoms. The molecule has 0 saturated heterocycles. The van der Waals surface area contributed by atoms with Gasteiger partial charge in [0.25, 0.3) is 0 Å². The van der Waals surface area contributed by atoms with Gasteiger partial charge in [-0.25, -0.2) is 9.97 Å². The third-order valence-electron chi connectivity index (χ3n) is 2.63. The van der Waals surface area contributed by atoms with Crippen LogP contribution in [0.5, 0.6) is 5.75 Å². The van der Waals surface area contributed by atoms with E-state index >= 15 is 0 Å². The zero-order valence-corrected chi connectivity index (χ0v) is 12.4. The summed E-state index contributed by atoms with van der Waals surface area (Å²) in [6.07, 6.45) is 1.80. The zero-order chi connectivity index (χ0) is 14.4. The van der Waals surface area contributed by atoms with Crippen LogP contribution in [-0.2, 0) is 6.42 Å². The first-order chi connectivity index (χ1) is 9.71. The molecule has 0 bridgehead atoms. The van der Waals surface area contributed by atoms with Gasteiger partial charge in [-0.15, -0.1) is 0 Å². The van der Waals surface area contributed by atoms with E-state index in [4.69, 9.17) is 16.3 Å². The highest BCUT2D eigenvalue weighted by molar-refractivity contribution is 6.29. The van der Waals surface area contributed by atoms with Crippen LogP contribution in [0.3, 0.4) is 0 Å². The third-order valence-corrected chi connectivity index (χ3v) is 2.83. The van der Waals surface area contributed by atoms with E-state index < -0.39 is 0 Å². The lowest BCUT2D eigenvalue weighted by molar-refractivity contribution is 0.340. The summed E-state index contributed by atoms with van der Waals surface area (Å²) in [7, 11) is 0. The summed E-state index contributed by atoms with van der Waals surface area (Å²) in [5.74, 6) is 2.27. The number of halogens is 1. The molecule has 0 radical (unpaired) electrons. The normalized spacial score (nSPS) is 10.3. The Bertz CT molecular complexity index is 575.